The number of ether oxygens (including phenoxy) is 3. The first-order valence-corrected chi connectivity index (χ1v) is 8.02. The molecule has 2 aromatic rings. The van der Waals surface area contributed by atoms with E-state index in [2.05, 4.69) is 5.32 Å². The first kappa shape index (κ1) is 17.1. The van der Waals surface area contributed by atoms with Crippen LogP contribution in [-0.4, -0.2) is 31.2 Å². The summed E-state index contributed by atoms with van der Waals surface area (Å²) in [6.07, 6.45) is -0.906. The van der Waals surface area contributed by atoms with Crippen LogP contribution in [0.5, 0.6) is 11.5 Å². The molecule has 0 saturated carbocycles. The molecular formula is C18H16ClNO5. The molecule has 0 saturated heterocycles. The SMILES string of the molecule is Cc1ccc(NC(=O)COC(=O)[C@@H]2COc3ccccc3O2)cc1Cl. The molecule has 2 aromatic carbocycles. The van der Waals surface area contributed by atoms with Crippen molar-refractivity contribution in [3.63, 3.8) is 0 Å². The van der Waals surface area contributed by atoms with Gasteiger partial charge in [-0.05, 0) is 36.8 Å². The monoisotopic (exact) mass is 361 g/mol. The molecule has 25 heavy (non-hydrogen) atoms. The Morgan fingerprint density at radius 3 is 2.76 bits per heavy atom. The summed E-state index contributed by atoms with van der Waals surface area (Å²) in [4.78, 5) is 23.9. The number of hydrogen-bond acceptors (Lipinski definition) is 5. The van der Waals surface area contributed by atoms with Crippen molar-refractivity contribution in [1.82, 2.24) is 0 Å². The van der Waals surface area contributed by atoms with Gasteiger partial charge in [-0.15, -0.1) is 0 Å². The number of para-hydroxylation sites is 2. The Kier molecular flexibility index (Phi) is 5.09. The van der Waals surface area contributed by atoms with Crippen molar-refractivity contribution in [3.05, 3.63) is 53.1 Å². The third kappa shape index (κ3) is 4.22. The highest BCUT2D eigenvalue weighted by molar-refractivity contribution is 6.31. The highest BCUT2D eigenvalue weighted by Crippen LogP contribution is 2.31. The summed E-state index contributed by atoms with van der Waals surface area (Å²) in [5.74, 6) is -0.0908. The number of benzene rings is 2. The quantitative estimate of drug-likeness (QED) is 0.847. The van der Waals surface area contributed by atoms with Gasteiger partial charge in [0.1, 0.15) is 6.61 Å². The van der Waals surface area contributed by atoms with E-state index in [9.17, 15) is 9.59 Å². The van der Waals surface area contributed by atoms with Crippen LogP contribution < -0.4 is 14.8 Å². The van der Waals surface area contributed by atoms with Crippen LogP contribution >= 0.6 is 11.6 Å². The molecule has 1 aliphatic rings. The average molecular weight is 362 g/mol. The van der Waals surface area contributed by atoms with Gasteiger partial charge in [0.2, 0.25) is 6.10 Å². The minimum Gasteiger partial charge on any atom is -0.485 e. The summed E-state index contributed by atoms with van der Waals surface area (Å²) in [6, 6.07) is 12.2. The molecule has 130 valence electrons. The Morgan fingerprint density at radius 2 is 2.00 bits per heavy atom. The van der Waals surface area contributed by atoms with Gasteiger partial charge in [0.05, 0.1) is 0 Å². The number of esters is 1. The second-order valence-corrected chi connectivity index (χ2v) is 5.89. The van der Waals surface area contributed by atoms with Gasteiger partial charge in [-0.25, -0.2) is 4.79 Å². The van der Waals surface area contributed by atoms with E-state index in [4.69, 9.17) is 25.8 Å². The lowest BCUT2D eigenvalue weighted by Gasteiger charge is -2.24. The van der Waals surface area contributed by atoms with Crippen LogP contribution in [0.15, 0.2) is 42.5 Å². The van der Waals surface area contributed by atoms with Crippen LogP contribution in [0.4, 0.5) is 5.69 Å². The van der Waals surface area contributed by atoms with Crippen LogP contribution in [0.2, 0.25) is 5.02 Å². The zero-order valence-corrected chi connectivity index (χ0v) is 14.2. The zero-order chi connectivity index (χ0) is 17.8. The van der Waals surface area contributed by atoms with Crippen LogP contribution in [-0.2, 0) is 14.3 Å². The van der Waals surface area contributed by atoms with Crippen LogP contribution in [0, 0.1) is 6.92 Å². The molecule has 0 aromatic heterocycles. The molecule has 0 aliphatic carbocycles. The van der Waals surface area contributed by atoms with Gasteiger partial charge in [0.15, 0.2) is 18.1 Å². The highest BCUT2D eigenvalue weighted by atomic mass is 35.5. The van der Waals surface area contributed by atoms with E-state index in [1.165, 1.54) is 0 Å². The van der Waals surface area contributed by atoms with Gasteiger partial charge < -0.3 is 19.5 Å². The smallest absolute Gasteiger partial charge is 0.351 e. The Hall–Kier alpha value is -2.73. The van der Waals surface area contributed by atoms with Gasteiger partial charge >= 0.3 is 5.97 Å². The fourth-order valence-corrected chi connectivity index (χ4v) is 2.41. The number of rotatable bonds is 4. The van der Waals surface area contributed by atoms with E-state index in [0.29, 0.717) is 22.2 Å². The number of hydrogen-bond donors (Lipinski definition) is 1. The number of aryl methyl sites for hydroxylation is 1. The molecule has 0 bridgehead atoms. The lowest BCUT2D eigenvalue weighted by molar-refractivity contribution is -0.156. The predicted octanol–water partition coefficient (Wildman–Crippen LogP) is 2.97. The maximum absolute atomic E-state index is 12.0. The number of carbonyl (C=O) groups is 2. The number of carbonyl (C=O) groups excluding carboxylic acids is 2. The van der Waals surface area contributed by atoms with Gasteiger partial charge in [-0.2, -0.15) is 0 Å². The van der Waals surface area contributed by atoms with Crippen molar-refractivity contribution < 1.29 is 23.8 Å². The van der Waals surface area contributed by atoms with Crippen molar-refractivity contribution in [1.29, 1.82) is 0 Å². The van der Waals surface area contributed by atoms with Crippen molar-refractivity contribution in [2.45, 2.75) is 13.0 Å². The summed E-state index contributed by atoms with van der Waals surface area (Å²) >= 11 is 6.00. The molecule has 6 nitrogen and oxygen atoms in total. The molecule has 7 heteroatoms. The highest BCUT2D eigenvalue weighted by Gasteiger charge is 2.29. The van der Waals surface area contributed by atoms with Crippen molar-refractivity contribution in [3.8, 4) is 11.5 Å². The second kappa shape index (κ2) is 7.44. The molecule has 0 spiro atoms. The van der Waals surface area contributed by atoms with E-state index in [1.807, 2.05) is 13.0 Å². The van der Waals surface area contributed by atoms with E-state index in [1.54, 1.807) is 36.4 Å². The molecule has 0 radical (unpaired) electrons. The summed E-state index contributed by atoms with van der Waals surface area (Å²) in [7, 11) is 0. The minimum atomic E-state index is -0.906. The number of anilines is 1. The van der Waals surface area contributed by atoms with E-state index >= 15 is 0 Å². The van der Waals surface area contributed by atoms with E-state index in [-0.39, 0.29) is 6.61 Å². The molecule has 1 N–H and O–H groups in total. The zero-order valence-electron chi connectivity index (χ0n) is 13.5. The molecule has 1 heterocycles. The largest absolute Gasteiger partial charge is 0.485 e. The number of fused-ring (bicyclic) bond motifs is 1. The van der Waals surface area contributed by atoms with Crippen LogP contribution in [0.1, 0.15) is 5.56 Å². The lowest BCUT2D eigenvalue weighted by Crippen LogP contribution is -2.39. The topological polar surface area (TPSA) is 73.9 Å². The number of nitrogens with one attached hydrogen (secondary N) is 1. The fraction of sp³-hybridized carbons (Fsp3) is 0.222. The molecule has 1 aliphatic heterocycles. The Bertz CT molecular complexity index is 808. The summed E-state index contributed by atoms with van der Waals surface area (Å²) in [6.45, 7) is 1.47. The van der Waals surface area contributed by atoms with Crippen LogP contribution in [0.25, 0.3) is 0 Å². The minimum absolute atomic E-state index is 0.0328. The van der Waals surface area contributed by atoms with E-state index < -0.39 is 24.6 Å². The third-order valence-corrected chi connectivity index (χ3v) is 3.98. The summed E-state index contributed by atoms with van der Waals surface area (Å²) in [5, 5.41) is 3.15. The molecule has 1 atom stereocenters. The predicted molar refractivity (Wildman–Crippen MR) is 92.1 cm³/mol. The Balaban J connectivity index is 1.50. The molecule has 1 amide bonds. The summed E-state index contributed by atoms with van der Waals surface area (Å²) in [5.41, 5.74) is 1.43. The first-order chi connectivity index (χ1) is 12.0. The number of amides is 1. The second-order valence-electron chi connectivity index (χ2n) is 5.48. The van der Waals surface area contributed by atoms with Crippen molar-refractivity contribution >= 4 is 29.2 Å². The maximum Gasteiger partial charge on any atom is 0.351 e. The van der Waals surface area contributed by atoms with Gasteiger partial charge in [-0.1, -0.05) is 29.8 Å². The fourth-order valence-electron chi connectivity index (χ4n) is 2.23. The standard InChI is InChI=1S/C18H16ClNO5/c1-11-6-7-12(8-13(11)19)20-17(21)10-24-18(22)16-9-23-14-4-2-3-5-15(14)25-16/h2-8,16H,9-10H2,1H3,(H,20,21)/t16-/m0/s1. The lowest BCUT2D eigenvalue weighted by atomic mass is 10.2. The Labute approximate surface area is 149 Å². The molecular weight excluding hydrogens is 346 g/mol. The van der Waals surface area contributed by atoms with Gasteiger partial charge in [-0.3, -0.25) is 4.79 Å². The number of halogens is 1. The first-order valence-electron chi connectivity index (χ1n) is 7.64. The van der Waals surface area contributed by atoms with Crippen LogP contribution in [0.3, 0.4) is 0 Å². The van der Waals surface area contributed by atoms with Crippen molar-refractivity contribution in [2.75, 3.05) is 18.5 Å². The Morgan fingerprint density at radius 1 is 1.24 bits per heavy atom. The van der Waals surface area contributed by atoms with E-state index in [0.717, 1.165) is 5.56 Å². The van der Waals surface area contributed by atoms with Crippen molar-refractivity contribution in [2.24, 2.45) is 0 Å². The molecule has 0 fully saturated rings. The average Bonchev–Trinajstić information content (AvgIpc) is 2.62. The molecule has 0 unspecified atom stereocenters. The van der Waals surface area contributed by atoms with Gasteiger partial charge in [0.25, 0.3) is 5.91 Å². The summed E-state index contributed by atoms with van der Waals surface area (Å²) < 4.78 is 16.0. The molecule has 3 rings (SSSR count). The normalized spacial score (nSPS) is 15.4. The van der Waals surface area contributed by atoms with Gasteiger partial charge in [0, 0.05) is 10.7 Å². The third-order valence-electron chi connectivity index (χ3n) is 3.57. The maximum atomic E-state index is 12.0.